The highest BCUT2D eigenvalue weighted by Crippen LogP contribution is 2.37. The predicted octanol–water partition coefficient (Wildman–Crippen LogP) is 4.87. The minimum absolute atomic E-state index is 0.0200. The van der Waals surface area contributed by atoms with Crippen molar-refractivity contribution in [2.75, 3.05) is 32.6 Å². The number of alkyl halides is 1. The number of carbonyl (C=O) groups excluding carboxylic acids is 2. The minimum atomic E-state index is -1.40. The molecule has 10 nitrogen and oxygen atoms in total. The second-order valence-electron chi connectivity index (χ2n) is 9.41. The molecule has 1 aromatic heterocycles. The molecule has 40 heavy (non-hydrogen) atoms. The predicted molar refractivity (Wildman–Crippen MR) is 144 cm³/mol. The van der Waals surface area contributed by atoms with E-state index in [0.717, 1.165) is 11.6 Å². The standard InChI is InChI=1S/C27H25ClF2N6O4/c1-13-14-5-4-6-21(23(14)25(38)32-13)40-26-16(28)11-31-27(35-26)34-20-10-17(29)15(9-22(20)39-3)24(37)33-19-7-8-36(2)12-18(19)30/h4-6,9-11,13,18H,7-8,12H2,1-3H3,(H,32,38)(H,31,34,35)/t13-,18+/m0/s1. The monoisotopic (exact) mass is 570 g/mol. The number of hydrogen-bond acceptors (Lipinski definition) is 8. The summed E-state index contributed by atoms with van der Waals surface area (Å²) in [5.41, 5.74) is 0.984. The number of benzene rings is 2. The Hall–Kier alpha value is -4.16. The molecule has 0 bridgehead atoms. The van der Waals surface area contributed by atoms with Gasteiger partial charge in [0.2, 0.25) is 11.8 Å². The lowest BCUT2D eigenvalue weighted by Crippen LogP contribution is -2.40. The SMILES string of the molecule is COc1cc(C(=O)N=C2CCN(C)C[C@H]2F)c(F)cc1Nc1ncc(Cl)c(Oc2cccc3c2C(=O)N[C@H]3C)n1. The third-order valence-electron chi connectivity index (χ3n) is 6.61. The van der Waals surface area contributed by atoms with Crippen LogP contribution < -0.4 is 20.1 Å². The van der Waals surface area contributed by atoms with E-state index in [1.807, 2.05) is 13.0 Å². The van der Waals surface area contributed by atoms with Gasteiger partial charge in [0.25, 0.3) is 11.8 Å². The molecule has 208 valence electrons. The summed E-state index contributed by atoms with van der Waals surface area (Å²) in [5, 5.41) is 5.73. The maximum Gasteiger partial charge on any atom is 0.280 e. The largest absolute Gasteiger partial charge is 0.495 e. The molecule has 3 aromatic rings. The van der Waals surface area contributed by atoms with Crippen LogP contribution in [0.2, 0.25) is 5.02 Å². The van der Waals surface area contributed by atoms with Crippen molar-refractivity contribution < 1.29 is 27.8 Å². The normalized spacial score (nSPS) is 19.8. The molecular formula is C27H25ClF2N6O4. The fourth-order valence-corrected chi connectivity index (χ4v) is 4.65. The number of fused-ring (bicyclic) bond motifs is 1. The molecule has 2 aliphatic rings. The summed E-state index contributed by atoms with van der Waals surface area (Å²) in [7, 11) is 3.11. The van der Waals surface area contributed by atoms with Crippen molar-refractivity contribution in [1.29, 1.82) is 0 Å². The van der Waals surface area contributed by atoms with Gasteiger partial charge >= 0.3 is 0 Å². The molecule has 0 spiro atoms. The van der Waals surface area contributed by atoms with Crippen LogP contribution in [0.4, 0.5) is 20.4 Å². The number of hydrogen-bond donors (Lipinski definition) is 2. The molecule has 0 saturated carbocycles. The van der Waals surface area contributed by atoms with Gasteiger partial charge in [0.1, 0.15) is 22.3 Å². The van der Waals surface area contributed by atoms with E-state index < -0.39 is 17.9 Å². The van der Waals surface area contributed by atoms with E-state index in [0.29, 0.717) is 12.1 Å². The summed E-state index contributed by atoms with van der Waals surface area (Å²) < 4.78 is 40.6. The van der Waals surface area contributed by atoms with E-state index in [1.54, 1.807) is 24.1 Å². The highest BCUT2D eigenvalue weighted by atomic mass is 35.5. The first-order valence-electron chi connectivity index (χ1n) is 12.4. The Balaban J connectivity index is 1.39. The van der Waals surface area contributed by atoms with Gasteiger partial charge in [-0.3, -0.25) is 9.59 Å². The Kier molecular flexibility index (Phi) is 7.63. The van der Waals surface area contributed by atoms with E-state index in [2.05, 4.69) is 25.6 Å². The molecule has 2 aromatic carbocycles. The maximum atomic E-state index is 15.0. The van der Waals surface area contributed by atoms with Crippen LogP contribution in [0.25, 0.3) is 0 Å². The van der Waals surface area contributed by atoms with E-state index in [9.17, 15) is 14.0 Å². The highest BCUT2D eigenvalue weighted by molar-refractivity contribution is 6.31. The second-order valence-corrected chi connectivity index (χ2v) is 9.82. The number of piperidine rings is 1. The third kappa shape index (κ3) is 5.45. The van der Waals surface area contributed by atoms with Crippen LogP contribution in [0, 0.1) is 5.82 Å². The minimum Gasteiger partial charge on any atom is -0.495 e. The van der Waals surface area contributed by atoms with E-state index >= 15 is 4.39 Å². The van der Waals surface area contributed by atoms with Crippen molar-refractivity contribution in [1.82, 2.24) is 20.2 Å². The maximum absolute atomic E-state index is 15.0. The zero-order valence-corrected chi connectivity index (χ0v) is 22.6. The van der Waals surface area contributed by atoms with Gasteiger partial charge < -0.3 is 25.0 Å². The molecule has 0 aliphatic carbocycles. The van der Waals surface area contributed by atoms with Crippen molar-refractivity contribution in [3.63, 3.8) is 0 Å². The molecule has 0 radical (unpaired) electrons. The van der Waals surface area contributed by atoms with E-state index in [4.69, 9.17) is 21.1 Å². The topological polar surface area (TPSA) is 118 Å². The lowest BCUT2D eigenvalue weighted by molar-refractivity contribution is 0.0955. The molecule has 2 aliphatic heterocycles. The van der Waals surface area contributed by atoms with Crippen LogP contribution in [-0.4, -0.2) is 65.8 Å². The zero-order chi connectivity index (χ0) is 28.6. The molecule has 0 unspecified atom stereocenters. The summed E-state index contributed by atoms with van der Waals surface area (Å²) in [6, 6.07) is 7.23. The Morgan fingerprint density at radius 3 is 2.85 bits per heavy atom. The Morgan fingerprint density at radius 1 is 1.30 bits per heavy atom. The first kappa shape index (κ1) is 27.4. The number of rotatable bonds is 6. The number of aromatic nitrogens is 2. The van der Waals surface area contributed by atoms with Gasteiger partial charge in [-0.25, -0.2) is 18.8 Å². The number of nitrogens with zero attached hydrogens (tertiary/aromatic N) is 4. The molecule has 2 amide bonds. The fraction of sp³-hybridized carbons (Fsp3) is 0.296. The number of aliphatic imine (C=N–C) groups is 1. The molecule has 1 fully saturated rings. The summed E-state index contributed by atoms with van der Waals surface area (Å²) in [6.45, 7) is 2.53. The summed E-state index contributed by atoms with van der Waals surface area (Å²) >= 11 is 6.26. The van der Waals surface area contributed by atoms with Gasteiger partial charge in [-0.05, 0) is 31.7 Å². The van der Waals surface area contributed by atoms with Crippen LogP contribution in [0.1, 0.15) is 45.7 Å². The lowest BCUT2D eigenvalue weighted by Gasteiger charge is -2.26. The lowest BCUT2D eigenvalue weighted by atomic mass is 10.1. The zero-order valence-electron chi connectivity index (χ0n) is 21.8. The molecule has 13 heteroatoms. The highest BCUT2D eigenvalue weighted by Gasteiger charge is 2.30. The molecule has 5 rings (SSSR count). The molecule has 1 saturated heterocycles. The number of halogens is 3. The first-order valence-corrected chi connectivity index (χ1v) is 12.8. The van der Waals surface area contributed by atoms with E-state index in [-0.39, 0.29) is 70.2 Å². The number of anilines is 2. The summed E-state index contributed by atoms with van der Waals surface area (Å²) in [5.74, 6) is -1.78. The molecule has 2 atom stereocenters. The number of nitrogens with one attached hydrogen (secondary N) is 2. The van der Waals surface area contributed by atoms with Gasteiger partial charge in [-0.1, -0.05) is 23.7 Å². The van der Waals surface area contributed by atoms with Gasteiger partial charge in [0.15, 0.2) is 6.17 Å². The third-order valence-corrected chi connectivity index (χ3v) is 6.87. The molecule has 3 heterocycles. The summed E-state index contributed by atoms with van der Waals surface area (Å²) in [4.78, 5) is 39.1. The van der Waals surface area contributed by atoms with Crippen molar-refractivity contribution >= 4 is 40.8 Å². The van der Waals surface area contributed by atoms with Crippen LogP contribution in [0.15, 0.2) is 41.5 Å². The Labute approximate surface area is 233 Å². The quantitative estimate of drug-likeness (QED) is 0.431. The number of methoxy groups -OCH3 is 1. The van der Waals surface area contributed by atoms with Crippen LogP contribution in [0.3, 0.4) is 0 Å². The fourth-order valence-electron chi connectivity index (χ4n) is 4.52. The van der Waals surface area contributed by atoms with Crippen molar-refractivity contribution in [3.8, 4) is 17.4 Å². The van der Waals surface area contributed by atoms with Crippen LogP contribution in [-0.2, 0) is 0 Å². The summed E-state index contributed by atoms with van der Waals surface area (Å²) in [6.07, 6.45) is 0.154. The van der Waals surface area contributed by atoms with Crippen molar-refractivity contribution in [2.24, 2.45) is 4.99 Å². The average Bonchev–Trinajstić information content (AvgIpc) is 3.21. The average molecular weight is 571 g/mol. The van der Waals surface area contributed by atoms with E-state index in [1.165, 1.54) is 19.4 Å². The van der Waals surface area contributed by atoms with Gasteiger partial charge in [0.05, 0.1) is 41.9 Å². The Morgan fingerprint density at radius 2 is 2.10 bits per heavy atom. The van der Waals surface area contributed by atoms with Crippen LogP contribution in [0.5, 0.6) is 17.4 Å². The van der Waals surface area contributed by atoms with Crippen LogP contribution >= 0.6 is 11.6 Å². The van der Waals surface area contributed by atoms with Crippen molar-refractivity contribution in [2.45, 2.75) is 25.6 Å². The van der Waals surface area contributed by atoms with Gasteiger partial charge in [-0.15, -0.1) is 0 Å². The van der Waals surface area contributed by atoms with Crippen molar-refractivity contribution in [3.05, 3.63) is 64.1 Å². The number of likely N-dealkylation sites (tertiary alicyclic amines) is 1. The number of amides is 2. The van der Waals surface area contributed by atoms with Gasteiger partial charge in [-0.2, -0.15) is 4.98 Å². The molecule has 2 N–H and O–H groups in total. The second kappa shape index (κ2) is 11.1. The first-order chi connectivity index (χ1) is 19.1. The number of ether oxygens (including phenoxy) is 2. The smallest absolute Gasteiger partial charge is 0.280 e. The molecular weight excluding hydrogens is 546 g/mol. The number of carbonyl (C=O) groups is 2. The van der Waals surface area contributed by atoms with Gasteiger partial charge in [0, 0.05) is 25.6 Å². The Bertz CT molecular complexity index is 1540.